The Kier molecular flexibility index (Phi) is 6.04. The van der Waals surface area contributed by atoms with E-state index in [1.807, 2.05) is 0 Å². The van der Waals surface area contributed by atoms with Crippen molar-refractivity contribution in [1.82, 2.24) is 9.62 Å². The van der Waals surface area contributed by atoms with Crippen molar-refractivity contribution in [2.24, 2.45) is 0 Å². The maximum Gasteiger partial charge on any atom is 0.250 e. The summed E-state index contributed by atoms with van der Waals surface area (Å²) in [7, 11) is -3.45. The first-order chi connectivity index (χ1) is 12.9. The number of thiocarbonyl (C=S) groups is 1. The second-order valence-electron chi connectivity index (χ2n) is 5.93. The molecule has 0 spiro atoms. The van der Waals surface area contributed by atoms with E-state index < -0.39 is 15.9 Å². The van der Waals surface area contributed by atoms with E-state index in [4.69, 9.17) is 16.6 Å². The number of hydrogen-bond donors (Lipinski definition) is 2. The summed E-state index contributed by atoms with van der Waals surface area (Å²) in [4.78, 5) is 12.1. The highest BCUT2D eigenvalue weighted by atomic mass is 32.2. The molecule has 1 saturated heterocycles. The number of carbonyl (C=O) groups excluding carboxylic acids is 1. The van der Waals surface area contributed by atoms with Gasteiger partial charge in [-0.2, -0.15) is 4.31 Å². The molecule has 0 radical (unpaired) electrons. The van der Waals surface area contributed by atoms with Crippen LogP contribution in [0.15, 0.2) is 58.1 Å². The Morgan fingerprint density at radius 1 is 1.15 bits per heavy atom. The molecule has 2 N–H and O–H groups in total. The van der Waals surface area contributed by atoms with E-state index in [2.05, 4.69) is 10.6 Å². The molecule has 0 aliphatic carbocycles. The molecule has 1 amide bonds. The van der Waals surface area contributed by atoms with Crippen LogP contribution in [-0.4, -0.2) is 36.8 Å². The van der Waals surface area contributed by atoms with Crippen LogP contribution in [0.25, 0.3) is 6.08 Å². The number of amides is 1. The second-order valence-corrected chi connectivity index (χ2v) is 8.27. The Hall–Kier alpha value is -2.49. The Bertz CT molecular complexity index is 929. The zero-order valence-corrected chi connectivity index (χ0v) is 16.1. The van der Waals surface area contributed by atoms with Crippen LogP contribution < -0.4 is 10.6 Å². The number of nitrogens with zero attached hydrogens (tertiary/aromatic N) is 1. The minimum atomic E-state index is -3.45. The van der Waals surface area contributed by atoms with E-state index >= 15 is 0 Å². The van der Waals surface area contributed by atoms with Gasteiger partial charge in [0.25, 0.3) is 0 Å². The maximum atomic E-state index is 12.5. The van der Waals surface area contributed by atoms with Gasteiger partial charge >= 0.3 is 0 Å². The quantitative estimate of drug-likeness (QED) is 0.587. The SMILES string of the molecule is O=C(/C=C/c1ccco1)NC(=S)Nc1ccc(S(=O)(=O)N2CCCC2)cc1. The van der Waals surface area contributed by atoms with Crippen molar-refractivity contribution in [3.8, 4) is 0 Å². The molecule has 0 bridgehead atoms. The Labute approximate surface area is 163 Å². The standard InChI is InChI=1S/C18H19N3O4S2/c22-17(10-7-15-4-3-13-25-15)20-18(26)19-14-5-8-16(9-6-14)27(23,24)21-11-1-2-12-21/h3-10,13H,1-2,11-12H2,(H2,19,20,22,26)/b10-7+. The fourth-order valence-corrected chi connectivity index (χ4v) is 4.38. The van der Waals surface area contributed by atoms with Crippen molar-refractivity contribution >= 4 is 45.0 Å². The fraction of sp³-hybridized carbons (Fsp3) is 0.222. The predicted octanol–water partition coefficient (Wildman–Crippen LogP) is 2.59. The number of rotatable bonds is 5. The molecular formula is C18H19N3O4S2. The normalized spacial score (nSPS) is 15.1. The number of nitrogens with one attached hydrogen (secondary N) is 2. The van der Waals surface area contributed by atoms with Crippen LogP contribution in [-0.2, 0) is 14.8 Å². The summed E-state index contributed by atoms with van der Waals surface area (Å²) in [5.74, 6) is 0.149. The first-order valence-electron chi connectivity index (χ1n) is 8.39. The van der Waals surface area contributed by atoms with Crippen LogP contribution in [0.4, 0.5) is 5.69 Å². The third-order valence-electron chi connectivity index (χ3n) is 3.99. The van der Waals surface area contributed by atoms with Crippen molar-refractivity contribution in [2.45, 2.75) is 17.7 Å². The molecule has 7 nitrogen and oxygen atoms in total. The van der Waals surface area contributed by atoms with Gasteiger partial charge in [0.1, 0.15) is 5.76 Å². The highest BCUT2D eigenvalue weighted by molar-refractivity contribution is 7.89. The summed E-state index contributed by atoms with van der Waals surface area (Å²) in [6.45, 7) is 1.12. The van der Waals surface area contributed by atoms with Gasteiger partial charge in [-0.3, -0.25) is 10.1 Å². The molecule has 9 heteroatoms. The molecule has 27 heavy (non-hydrogen) atoms. The van der Waals surface area contributed by atoms with Gasteiger partial charge in [0, 0.05) is 24.9 Å². The number of furan rings is 1. The largest absolute Gasteiger partial charge is 0.465 e. The Morgan fingerprint density at radius 2 is 1.85 bits per heavy atom. The first-order valence-corrected chi connectivity index (χ1v) is 10.2. The fourth-order valence-electron chi connectivity index (χ4n) is 2.65. The van der Waals surface area contributed by atoms with E-state index in [1.165, 1.54) is 34.9 Å². The maximum absolute atomic E-state index is 12.5. The van der Waals surface area contributed by atoms with Crippen LogP contribution in [0.2, 0.25) is 0 Å². The molecular weight excluding hydrogens is 386 g/mol. The molecule has 1 fully saturated rings. The molecule has 1 aromatic carbocycles. The topological polar surface area (TPSA) is 91.6 Å². The van der Waals surface area contributed by atoms with Crippen LogP contribution in [0, 0.1) is 0 Å². The molecule has 2 aromatic rings. The lowest BCUT2D eigenvalue weighted by Crippen LogP contribution is -2.32. The van der Waals surface area contributed by atoms with Gasteiger partial charge in [-0.25, -0.2) is 8.42 Å². The molecule has 1 aliphatic heterocycles. The first kappa shape index (κ1) is 19.3. The zero-order valence-electron chi connectivity index (χ0n) is 14.4. The van der Waals surface area contributed by atoms with Gasteiger partial charge in [-0.1, -0.05) is 0 Å². The average molecular weight is 406 g/mol. The monoisotopic (exact) mass is 405 g/mol. The van der Waals surface area contributed by atoms with E-state index in [9.17, 15) is 13.2 Å². The predicted molar refractivity (Wildman–Crippen MR) is 107 cm³/mol. The van der Waals surface area contributed by atoms with Gasteiger partial charge < -0.3 is 9.73 Å². The van der Waals surface area contributed by atoms with Crippen molar-refractivity contribution < 1.29 is 17.6 Å². The number of sulfonamides is 1. The highest BCUT2D eigenvalue weighted by Crippen LogP contribution is 2.22. The summed E-state index contributed by atoms with van der Waals surface area (Å²) in [6, 6.07) is 9.71. The van der Waals surface area contributed by atoms with Gasteiger partial charge in [0.2, 0.25) is 15.9 Å². The molecule has 3 rings (SSSR count). The van der Waals surface area contributed by atoms with Crippen molar-refractivity contribution in [2.75, 3.05) is 18.4 Å². The minimum Gasteiger partial charge on any atom is -0.465 e. The lowest BCUT2D eigenvalue weighted by Gasteiger charge is -2.16. The molecule has 0 saturated carbocycles. The Morgan fingerprint density at radius 3 is 2.48 bits per heavy atom. The Balaban J connectivity index is 1.56. The number of anilines is 1. The summed E-state index contributed by atoms with van der Waals surface area (Å²) < 4.78 is 31.6. The van der Waals surface area contributed by atoms with Gasteiger partial charge in [-0.05, 0) is 67.5 Å². The van der Waals surface area contributed by atoms with Gasteiger partial charge in [-0.15, -0.1) is 0 Å². The summed E-state index contributed by atoms with van der Waals surface area (Å²) >= 11 is 5.09. The third kappa shape index (κ3) is 5.03. The molecule has 0 atom stereocenters. The third-order valence-corrected chi connectivity index (χ3v) is 6.11. The highest BCUT2D eigenvalue weighted by Gasteiger charge is 2.26. The summed E-state index contributed by atoms with van der Waals surface area (Å²) in [5.41, 5.74) is 0.579. The van der Waals surface area contributed by atoms with E-state index in [0.717, 1.165) is 12.8 Å². The number of benzene rings is 1. The second kappa shape index (κ2) is 8.47. The van der Waals surface area contributed by atoms with E-state index in [-0.39, 0.29) is 10.0 Å². The molecule has 142 valence electrons. The van der Waals surface area contributed by atoms with Crippen LogP contribution in [0.3, 0.4) is 0 Å². The zero-order chi connectivity index (χ0) is 19.3. The molecule has 2 heterocycles. The average Bonchev–Trinajstić information content (AvgIpc) is 3.34. The minimum absolute atomic E-state index is 0.110. The van der Waals surface area contributed by atoms with Crippen molar-refractivity contribution in [3.05, 3.63) is 54.5 Å². The van der Waals surface area contributed by atoms with E-state index in [1.54, 1.807) is 24.3 Å². The van der Waals surface area contributed by atoms with Gasteiger partial charge in [0.15, 0.2) is 5.11 Å². The van der Waals surface area contributed by atoms with Crippen LogP contribution in [0.1, 0.15) is 18.6 Å². The number of carbonyl (C=O) groups is 1. The summed E-state index contributed by atoms with van der Waals surface area (Å²) in [6.07, 6.45) is 6.12. The van der Waals surface area contributed by atoms with Gasteiger partial charge in [0.05, 0.1) is 11.2 Å². The van der Waals surface area contributed by atoms with Crippen LogP contribution >= 0.6 is 12.2 Å². The lowest BCUT2D eigenvalue weighted by atomic mass is 10.3. The lowest BCUT2D eigenvalue weighted by molar-refractivity contribution is -0.115. The smallest absolute Gasteiger partial charge is 0.250 e. The van der Waals surface area contributed by atoms with E-state index in [0.29, 0.717) is 24.5 Å². The van der Waals surface area contributed by atoms with Crippen molar-refractivity contribution in [3.63, 3.8) is 0 Å². The molecule has 1 aliphatic rings. The van der Waals surface area contributed by atoms with Crippen LogP contribution in [0.5, 0.6) is 0 Å². The molecule has 0 unspecified atom stereocenters. The summed E-state index contributed by atoms with van der Waals surface area (Å²) in [5, 5.41) is 5.47. The molecule has 1 aromatic heterocycles. The van der Waals surface area contributed by atoms with Crippen molar-refractivity contribution in [1.29, 1.82) is 0 Å². The number of hydrogen-bond acceptors (Lipinski definition) is 5.